The van der Waals surface area contributed by atoms with Gasteiger partial charge >= 0.3 is 7.69 Å². The second kappa shape index (κ2) is 12.2. The lowest BCUT2D eigenvalue weighted by molar-refractivity contribution is -0.199. The normalized spacial score (nSPS) is 24.3. The molecule has 23 heteroatoms. The zero-order chi connectivity index (χ0) is 38.5. The molecule has 1 aliphatic rings. The van der Waals surface area contributed by atoms with Crippen molar-refractivity contribution in [2.45, 2.75) is 42.1 Å². The van der Waals surface area contributed by atoms with E-state index in [1.165, 1.54) is 0 Å². The van der Waals surface area contributed by atoms with Gasteiger partial charge in [-0.25, -0.2) is 83.4 Å². The van der Waals surface area contributed by atoms with Crippen LogP contribution in [0.5, 0.6) is 0 Å². The summed E-state index contributed by atoms with van der Waals surface area (Å²) in [6, 6.07) is 0. The Kier molecular flexibility index (Phi) is 9.53. The van der Waals surface area contributed by atoms with Gasteiger partial charge in [0.2, 0.25) is 23.1 Å². The lowest BCUT2D eigenvalue weighted by Crippen LogP contribution is -2.68. The first-order chi connectivity index (χ1) is 22.8. The van der Waals surface area contributed by atoms with Crippen LogP contribution in [0.25, 0.3) is 0 Å². The molecule has 0 spiro atoms. The number of halogens is 19. The van der Waals surface area contributed by atoms with Gasteiger partial charge in [0.1, 0.15) is 5.83 Å². The van der Waals surface area contributed by atoms with Gasteiger partial charge in [-0.05, 0) is 0 Å². The lowest BCUT2D eigenvalue weighted by atomic mass is 9.58. The molecule has 1 N–H and O–H groups in total. The Morgan fingerprint density at radius 2 is 0.760 bits per heavy atom. The molecule has 0 bridgehead atoms. The zero-order valence-electron chi connectivity index (χ0n) is 24.3. The van der Waals surface area contributed by atoms with Crippen LogP contribution < -0.4 is 0 Å². The molecule has 3 aromatic carbocycles. The summed E-state index contributed by atoms with van der Waals surface area (Å²) in [5.41, 5.74) is -33.6. The van der Waals surface area contributed by atoms with Crippen LogP contribution in [0, 0.1) is 87.3 Å². The molecule has 0 radical (unpaired) electrons. The lowest BCUT2D eigenvalue weighted by Gasteiger charge is -2.58. The number of alkyl halides is 2. The fraction of sp³-hybridized carbons (Fsp3) is 0.259. The minimum atomic E-state index is -6.70. The Morgan fingerprint density at radius 1 is 0.480 bits per heavy atom. The molecule has 272 valence electrons. The topological polar surface area (TPSA) is 29.5 Å². The highest BCUT2D eigenvalue weighted by molar-refractivity contribution is 6.78. The standard InChI is InChI=1S/C27H12BF19O2Si/c1-50(2,3)24-22(44)23(45)26(49-28-48,5-9(31)15(37)20(42)16(38)10(5)32)27(47,6-11(33)17(39)21(43)18(40)12(6)34)25(24,46)4-7(29)13(35)19(41)14(36)8(4)30/h24,28,48H,1-3H3. The monoisotopic (exact) mass is 768 g/mol. The van der Waals surface area contributed by atoms with Crippen molar-refractivity contribution in [1.82, 2.24) is 0 Å². The minimum Gasteiger partial charge on any atom is -0.430 e. The maximum absolute atomic E-state index is 18.6. The van der Waals surface area contributed by atoms with Crippen LogP contribution >= 0.6 is 0 Å². The molecular weight excluding hydrogens is 756 g/mol. The summed E-state index contributed by atoms with van der Waals surface area (Å²) >= 11 is 0. The van der Waals surface area contributed by atoms with Gasteiger partial charge in [0.25, 0.3) is 0 Å². The Hall–Kier alpha value is -3.73. The molecule has 4 unspecified atom stereocenters. The molecule has 0 heterocycles. The van der Waals surface area contributed by atoms with Crippen molar-refractivity contribution in [2.24, 2.45) is 0 Å². The van der Waals surface area contributed by atoms with Gasteiger partial charge in [-0.2, -0.15) is 0 Å². The van der Waals surface area contributed by atoms with Gasteiger partial charge < -0.3 is 9.68 Å². The number of hydrogen-bond acceptors (Lipinski definition) is 2. The average Bonchev–Trinajstić information content (AvgIpc) is 3.04. The van der Waals surface area contributed by atoms with E-state index in [-0.39, 0.29) is 0 Å². The molecule has 0 saturated heterocycles. The molecule has 2 nitrogen and oxygen atoms in total. The van der Waals surface area contributed by atoms with E-state index < -0.39 is 154 Å². The Bertz CT molecular complexity index is 1910. The second-order valence-corrected chi connectivity index (χ2v) is 16.9. The summed E-state index contributed by atoms with van der Waals surface area (Å²) in [6.07, 6.45) is 0. The van der Waals surface area contributed by atoms with E-state index in [0.717, 1.165) is 0 Å². The van der Waals surface area contributed by atoms with Gasteiger partial charge in [0.15, 0.2) is 86.9 Å². The third kappa shape index (κ3) is 4.60. The Balaban J connectivity index is 2.63. The predicted octanol–water partition coefficient (Wildman–Crippen LogP) is 8.85. The summed E-state index contributed by atoms with van der Waals surface area (Å²) in [6.45, 7) is 1.63. The number of benzene rings is 3. The summed E-state index contributed by atoms with van der Waals surface area (Å²) in [7, 11) is -7.55. The van der Waals surface area contributed by atoms with E-state index in [1.54, 1.807) is 0 Å². The van der Waals surface area contributed by atoms with Crippen LogP contribution in [0.4, 0.5) is 83.4 Å². The van der Waals surface area contributed by atoms with Crippen LogP contribution in [0.1, 0.15) is 16.7 Å². The molecule has 0 aromatic heterocycles. The van der Waals surface area contributed by atoms with Crippen molar-refractivity contribution in [3.63, 3.8) is 0 Å². The van der Waals surface area contributed by atoms with E-state index in [4.69, 9.17) is 0 Å². The van der Waals surface area contributed by atoms with Crippen LogP contribution in [-0.4, -0.2) is 20.8 Å². The molecule has 0 saturated carbocycles. The molecule has 0 amide bonds. The highest BCUT2D eigenvalue weighted by atomic mass is 28.3. The van der Waals surface area contributed by atoms with Crippen LogP contribution in [-0.2, 0) is 21.6 Å². The van der Waals surface area contributed by atoms with E-state index in [2.05, 4.69) is 4.65 Å². The van der Waals surface area contributed by atoms with E-state index >= 15 is 43.9 Å². The first-order valence-corrected chi connectivity index (χ1v) is 16.6. The van der Waals surface area contributed by atoms with Crippen molar-refractivity contribution in [3.8, 4) is 0 Å². The van der Waals surface area contributed by atoms with Crippen molar-refractivity contribution in [1.29, 1.82) is 0 Å². The Morgan fingerprint density at radius 3 is 1.06 bits per heavy atom. The molecule has 50 heavy (non-hydrogen) atoms. The highest BCUT2D eigenvalue weighted by Gasteiger charge is 2.82. The SMILES string of the molecule is C[Si](C)(C)C1C(F)=C(F)C(OBO)(c2c(F)c(F)c(F)c(F)c2F)C(F)(c2c(F)c(F)c(F)c(F)c2F)C1(F)c1c(F)c(F)c(F)c(F)c1F. The van der Waals surface area contributed by atoms with Crippen LogP contribution in [0.2, 0.25) is 25.2 Å². The zero-order valence-corrected chi connectivity index (χ0v) is 25.3. The first kappa shape index (κ1) is 39.1. The highest BCUT2D eigenvalue weighted by Crippen LogP contribution is 2.73. The van der Waals surface area contributed by atoms with Gasteiger partial charge in [-0.1, -0.05) is 19.6 Å². The summed E-state index contributed by atoms with van der Waals surface area (Å²) in [5, 5.41) is 9.56. The van der Waals surface area contributed by atoms with Crippen molar-refractivity contribution >= 4 is 15.8 Å². The van der Waals surface area contributed by atoms with Crippen LogP contribution in [0.3, 0.4) is 0 Å². The average molecular weight is 768 g/mol. The van der Waals surface area contributed by atoms with Crippen molar-refractivity contribution < 1.29 is 93.1 Å². The van der Waals surface area contributed by atoms with E-state index in [9.17, 15) is 44.5 Å². The Labute approximate surface area is 267 Å². The third-order valence-electron chi connectivity index (χ3n) is 7.99. The van der Waals surface area contributed by atoms with Gasteiger partial charge in [0, 0.05) is 5.54 Å². The van der Waals surface area contributed by atoms with E-state index in [0.29, 0.717) is 19.6 Å². The number of hydrogen-bond donors (Lipinski definition) is 1. The molecule has 4 atom stereocenters. The number of allylic oxidation sites excluding steroid dienone is 1. The van der Waals surface area contributed by atoms with E-state index in [1.807, 2.05) is 0 Å². The predicted molar refractivity (Wildman–Crippen MR) is 133 cm³/mol. The minimum absolute atomic E-state index is 0.544. The first-order valence-electron chi connectivity index (χ1n) is 13.0. The summed E-state index contributed by atoms with van der Waals surface area (Å²) in [4.78, 5) is 0. The second-order valence-electron chi connectivity index (χ2n) is 11.6. The summed E-state index contributed by atoms with van der Waals surface area (Å²) < 4.78 is 297. The van der Waals surface area contributed by atoms with Crippen molar-refractivity contribution in [2.75, 3.05) is 0 Å². The molecule has 4 rings (SSSR count). The fourth-order valence-electron chi connectivity index (χ4n) is 6.09. The van der Waals surface area contributed by atoms with Gasteiger partial charge in [-0.15, -0.1) is 0 Å². The molecular formula is C27H12BF19O2Si. The largest absolute Gasteiger partial charge is 0.436 e. The molecule has 0 aliphatic heterocycles. The van der Waals surface area contributed by atoms with Gasteiger partial charge in [-0.3, -0.25) is 0 Å². The fourth-order valence-corrected chi connectivity index (χ4v) is 8.51. The van der Waals surface area contributed by atoms with Gasteiger partial charge in [0.05, 0.1) is 24.8 Å². The maximum Gasteiger partial charge on any atom is 0.436 e. The number of rotatable bonds is 6. The molecule has 3 aromatic rings. The van der Waals surface area contributed by atoms with Crippen molar-refractivity contribution in [3.05, 3.63) is 116 Å². The molecule has 1 aliphatic carbocycles. The summed E-state index contributed by atoms with van der Waals surface area (Å²) in [5.74, 6) is -59.1. The third-order valence-corrected chi connectivity index (χ3v) is 10.4. The molecule has 0 fully saturated rings. The smallest absolute Gasteiger partial charge is 0.430 e. The quantitative estimate of drug-likeness (QED) is 0.118. The van der Waals surface area contributed by atoms with Crippen LogP contribution in [0.15, 0.2) is 11.7 Å². The maximum atomic E-state index is 18.6.